The molecule has 0 saturated heterocycles. The first-order chi connectivity index (χ1) is 11.4. The smallest absolute Gasteiger partial charge is 0.357 e. The van der Waals surface area contributed by atoms with Gasteiger partial charge in [-0.15, -0.1) is 0 Å². The molecule has 0 atom stereocenters. The molecule has 0 radical (unpaired) electrons. The lowest BCUT2D eigenvalue weighted by Crippen LogP contribution is -2.16. The number of hydrogen-bond donors (Lipinski definition) is 1. The molecule has 1 aromatic carbocycles. The minimum Gasteiger partial charge on any atom is -0.458 e. The van der Waals surface area contributed by atoms with E-state index in [0.29, 0.717) is 5.69 Å². The van der Waals surface area contributed by atoms with E-state index in [2.05, 4.69) is 25.9 Å². The Morgan fingerprint density at radius 2 is 2.08 bits per heavy atom. The minimum absolute atomic E-state index is 0.208. The number of aromatic nitrogens is 2. The normalized spacial score (nSPS) is 11.6. The first-order valence-electron chi connectivity index (χ1n) is 7.73. The van der Waals surface area contributed by atoms with Crippen molar-refractivity contribution in [2.45, 2.75) is 33.5 Å². The second kappa shape index (κ2) is 6.53. The van der Waals surface area contributed by atoms with Gasteiger partial charge in [0.15, 0.2) is 5.69 Å². The lowest BCUT2D eigenvalue weighted by atomic mass is 10.0. The maximum atomic E-state index is 12.5. The Bertz CT molecular complexity index is 931. The van der Waals surface area contributed by atoms with Gasteiger partial charge in [0, 0.05) is 33.4 Å². The standard InChI is InChI=1S/C18H19BrN2O3/c1-9(2)24-18(22)17-11(8-23-4)14-15-12(19)6-5-7-13(15)21-16(14)10(3)20-17/h5-7,9,21H,8H2,1-4H3. The summed E-state index contributed by atoms with van der Waals surface area (Å²) in [5.74, 6) is -0.427. The molecule has 0 aliphatic heterocycles. The SMILES string of the molecule is COCc1c(C(=O)OC(C)C)nc(C)c2[nH]c3cccc(Br)c3c12. The lowest BCUT2D eigenvalue weighted by molar-refractivity contribution is 0.0366. The van der Waals surface area contributed by atoms with Crippen molar-refractivity contribution in [2.24, 2.45) is 0 Å². The third-order valence-corrected chi connectivity index (χ3v) is 4.49. The largest absolute Gasteiger partial charge is 0.458 e. The molecule has 0 amide bonds. The van der Waals surface area contributed by atoms with Crippen molar-refractivity contribution in [1.29, 1.82) is 0 Å². The average molecular weight is 391 g/mol. The van der Waals surface area contributed by atoms with Crippen LogP contribution in [-0.4, -0.2) is 29.2 Å². The highest BCUT2D eigenvalue weighted by molar-refractivity contribution is 9.10. The molecule has 2 aromatic heterocycles. The van der Waals surface area contributed by atoms with Gasteiger partial charge in [-0.1, -0.05) is 22.0 Å². The van der Waals surface area contributed by atoms with Crippen molar-refractivity contribution >= 4 is 43.7 Å². The van der Waals surface area contributed by atoms with Crippen LogP contribution in [0.1, 0.15) is 35.6 Å². The Kier molecular flexibility index (Phi) is 4.60. The number of nitrogens with one attached hydrogen (secondary N) is 1. The predicted octanol–water partition coefficient (Wildman–Crippen LogP) is 4.50. The van der Waals surface area contributed by atoms with Gasteiger partial charge in [-0.2, -0.15) is 0 Å². The van der Waals surface area contributed by atoms with E-state index in [-0.39, 0.29) is 12.7 Å². The summed E-state index contributed by atoms with van der Waals surface area (Å²) >= 11 is 3.61. The van der Waals surface area contributed by atoms with Gasteiger partial charge in [0.1, 0.15) is 0 Å². The maximum Gasteiger partial charge on any atom is 0.357 e. The number of benzene rings is 1. The molecular weight excluding hydrogens is 372 g/mol. The number of methoxy groups -OCH3 is 1. The van der Waals surface area contributed by atoms with E-state index in [9.17, 15) is 4.79 Å². The molecule has 0 unspecified atom stereocenters. The minimum atomic E-state index is -0.427. The molecule has 0 bridgehead atoms. The lowest BCUT2D eigenvalue weighted by Gasteiger charge is -2.13. The Morgan fingerprint density at radius 1 is 1.33 bits per heavy atom. The number of ether oxygens (including phenoxy) is 2. The molecular formula is C18H19BrN2O3. The number of H-pyrrole nitrogens is 1. The number of fused-ring (bicyclic) bond motifs is 3. The number of esters is 1. The molecule has 2 heterocycles. The number of aromatic amines is 1. The number of nitrogens with zero attached hydrogens (tertiary/aromatic N) is 1. The first-order valence-corrected chi connectivity index (χ1v) is 8.52. The number of pyridine rings is 1. The zero-order valence-corrected chi connectivity index (χ0v) is 15.7. The summed E-state index contributed by atoms with van der Waals surface area (Å²) in [6, 6.07) is 5.95. The summed E-state index contributed by atoms with van der Waals surface area (Å²) in [5, 5.41) is 1.96. The molecule has 0 saturated carbocycles. The highest BCUT2D eigenvalue weighted by Crippen LogP contribution is 2.36. The number of carbonyl (C=O) groups is 1. The Balaban J connectivity index is 2.39. The van der Waals surface area contributed by atoms with E-state index in [4.69, 9.17) is 9.47 Å². The highest BCUT2D eigenvalue weighted by atomic mass is 79.9. The van der Waals surface area contributed by atoms with Gasteiger partial charge < -0.3 is 14.5 Å². The van der Waals surface area contributed by atoms with Crippen molar-refractivity contribution in [3.05, 3.63) is 39.6 Å². The summed E-state index contributed by atoms with van der Waals surface area (Å²) in [4.78, 5) is 20.4. The van der Waals surface area contributed by atoms with Crippen LogP contribution in [-0.2, 0) is 16.1 Å². The van der Waals surface area contributed by atoms with Crippen molar-refractivity contribution in [3.8, 4) is 0 Å². The Hall–Kier alpha value is -1.92. The molecule has 0 aliphatic rings. The molecule has 24 heavy (non-hydrogen) atoms. The summed E-state index contributed by atoms with van der Waals surface area (Å²) in [5.41, 5.74) is 3.69. The van der Waals surface area contributed by atoms with Crippen LogP contribution in [0, 0.1) is 6.92 Å². The third-order valence-electron chi connectivity index (χ3n) is 3.83. The Morgan fingerprint density at radius 3 is 2.75 bits per heavy atom. The average Bonchev–Trinajstić information content (AvgIpc) is 2.91. The van der Waals surface area contributed by atoms with Crippen LogP contribution >= 0.6 is 15.9 Å². The molecule has 0 spiro atoms. The van der Waals surface area contributed by atoms with Crippen molar-refractivity contribution in [3.63, 3.8) is 0 Å². The van der Waals surface area contributed by atoms with E-state index < -0.39 is 5.97 Å². The van der Waals surface area contributed by atoms with Gasteiger partial charge in [0.05, 0.1) is 23.9 Å². The maximum absolute atomic E-state index is 12.5. The van der Waals surface area contributed by atoms with Crippen LogP contribution in [0.5, 0.6) is 0 Å². The quantitative estimate of drug-likeness (QED) is 0.666. The van der Waals surface area contributed by atoms with Gasteiger partial charge in [0.25, 0.3) is 0 Å². The first kappa shape index (κ1) is 16.9. The number of aryl methyl sites for hydroxylation is 1. The molecule has 3 aromatic rings. The summed E-state index contributed by atoms with van der Waals surface area (Å²) < 4.78 is 11.7. The summed E-state index contributed by atoms with van der Waals surface area (Å²) in [7, 11) is 1.60. The number of hydrogen-bond acceptors (Lipinski definition) is 4. The van der Waals surface area contributed by atoms with Gasteiger partial charge in [-0.3, -0.25) is 0 Å². The van der Waals surface area contributed by atoms with Crippen LogP contribution in [0.25, 0.3) is 21.8 Å². The number of halogens is 1. The Labute approximate surface area is 148 Å². The fraction of sp³-hybridized carbons (Fsp3) is 0.333. The predicted molar refractivity (Wildman–Crippen MR) is 97.3 cm³/mol. The zero-order valence-electron chi connectivity index (χ0n) is 14.1. The third kappa shape index (κ3) is 2.80. The number of rotatable bonds is 4. The fourth-order valence-electron chi connectivity index (χ4n) is 2.91. The molecule has 5 nitrogen and oxygen atoms in total. The van der Waals surface area contributed by atoms with E-state index in [0.717, 1.165) is 37.5 Å². The molecule has 126 valence electrons. The van der Waals surface area contributed by atoms with E-state index in [1.54, 1.807) is 7.11 Å². The number of carbonyl (C=O) groups excluding carboxylic acids is 1. The highest BCUT2D eigenvalue weighted by Gasteiger charge is 2.23. The van der Waals surface area contributed by atoms with E-state index in [1.165, 1.54) is 0 Å². The fourth-order valence-corrected chi connectivity index (χ4v) is 3.48. The molecule has 3 rings (SSSR count). The van der Waals surface area contributed by atoms with Gasteiger partial charge in [-0.05, 0) is 32.9 Å². The second-order valence-electron chi connectivity index (χ2n) is 5.95. The van der Waals surface area contributed by atoms with E-state index >= 15 is 0 Å². The van der Waals surface area contributed by atoms with Crippen molar-refractivity contribution < 1.29 is 14.3 Å². The van der Waals surface area contributed by atoms with Crippen molar-refractivity contribution in [1.82, 2.24) is 9.97 Å². The van der Waals surface area contributed by atoms with Crippen LogP contribution in [0.3, 0.4) is 0 Å². The van der Waals surface area contributed by atoms with Gasteiger partial charge in [0.2, 0.25) is 0 Å². The molecule has 1 N–H and O–H groups in total. The van der Waals surface area contributed by atoms with Crippen LogP contribution in [0.4, 0.5) is 0 Å². The monoisotopic (exact) mass is 390 g/mol. The van der Waals surface area contributed by atoms with E-state index in [1.807, 2.05) is 39.0 Å². The summed E-state index contributed by atoms with van der Waals surface area (Å²) in [6.45, 7) is 5.80. The van der Waals surface area contributed by atoms with Crippen molar-refractivity contribution in [2.75, 3.05) is 7.11 Å². The topological polar surface area (TPSA) is 64.2 Å². The van der Waals surface area contributed by atoms with Gasteiger partial charge in [-0.25, -0.2) is 9.78 Å². The van der Waals surface area contributed by atoms with Crippen LogP contribution in [0.2, 0.25) is 0 Å². The molecule has 0 fully saturated rings. The molecule has 0 aliphatic carbocycles. The molecule has 6 heteroatoms. The zero-order chi connectivity index (χ0) is 17.4. The van der Waals surface area contributed by atoms with Crippen LogP contribution in [0.15, 0.2) is 22.7 Å². The van der Waals surface area contributed by atoms with Crippen LogP contribution < -0.4 is 0 Å². The van der Waals surface area contributed by atoms with Gasteiger partial charge >= 0.3 is 5.97 Å². The second-order valence-corrected chi connectivity index (χ2v) is 6.80. The summed E-state index contributed by atoms with van der Waals surface area (Å²) in [6.07, 6.45) is -0.208.